The number of carbonyl (C=O) groups excluding carboxylic acids is 2. The van der Waals surface area contributed by atoms with Crippen LogP contribution in [0.4, 0.5) is 9.59 Å². The molecule has 0 aliphatic carbocycles. The Kier molecular flexibility index (Phi) is 10.4. The van der Waals surface area contributed by atoms with E-state index in [1.807, 2.05) is 67.6 Å². The number of amides is 2. The SMILES string of the molecule is COC(=O)NC(C)(C)C#Cc1ccc(C(C)N2CCC(CC(C)(C)O)OC2=O)cc1.c1ccccc1. The van der Waals surface area contributed by atoms with Gasteiger partial charge in [0.05, 0.1) is 24.3 Å². The summed E-state index contributed by atoms with van der Waals surface area (Å²) in [6, 6.07) is 19.5. The zero-order chi connectivity index (χ0) is 26.8. The van der Waals surface area contributed by atoms with Gasteiger partial charge in [0.2, 0.25) is 0 Å². The highest BCUT2D eigenvalue weighted by atomic mass is 16.6. The number of nitrogens with zero attached hydrogens (tertiary/aromatic N) is 1. The summed E-state index contributed by atoms with van der Waals surface area (Å²) < 4.78 is 10.1. The van der Waals surface area contributed by atoms with Crippen molar-refractivity contribution in [3.63, 3.8) is 0 Å². The van der Waals surface area contributed by atoms with Gasteiger partial charge in [-0.15, -0.1) is 0 Å². The average Bonchev–Trinajstić information content (AvgIpc) is 2.83. The third-order valence-corrected chi connectivity index (χ3v) is 5.57. The first-order valence-electron chi connectivity index (χ1n) is 12.1. The highest BCUT2D eigenvalue weighted by Crippen LogP contribution is 2.28. The fraction of sp³-hybridized carbons (Fsp3) is 0.448. The van der Waals surface area contributed by atoms with E-state index in [2.05, 4.69) is 21.9 Å². The van der Waals surface area contributed by atoms with Crippen molar-refractivity contribution in [2.45, 2.75) is 70.7 Å². The number of aliphatic hydroxyl groups is 1. The van der Waals surface area contributed by atoms with Gasteiger partial charge < -0.3 is 24.8 Å². The molecular formula is C29H38N2O5. The molecule has 3 rings (SSSR count). The topological polar surface area (TPSA) is 88.1 Å². The maximum atomic E-state index is 12.5. The molecule has 7 heteroatoms. The molecule has 1 aliphatic rings. The Morgan fingerprint density at radius 2 is 1.69 bits per heavy atom. The number of nitrogens with one attached hydrogen (secondary N) is 1. The van der Waals surface area contributed by atoms with Gasteiger partial charge in [-0.2, -0.15) is 0 Å². The van der Waals surface area contributed by atoms with Crippen LogP contribution in [0, 0.1) is 11.8 Å². The van der Waals surface area contributed by atoms with Crippen molar-refractivity contribution in [2.24, 2.45) is 0 Å². The summed E-state index contributed by atoms with van der Waals surface area (Å²) >= 11 is 0. The van der Waals surface area contributed by atoms with Crippen LogP contribution in [0.3, 0.4) is 0 Å². The monoisotopic (exact) mass is 494 g/mol. The molecule has 194 valence electrons. The van der Waals surface area contributed by atoms with E-state index in [1.54, 1.807) is 32.6 Å². The highest BCUT2D eigenvalue weighted by Gasteiger charge is 2.33. The van der Waals surface area contributed by atoms with Crippen molar-refractivity contribution in [1.82, 2.24) is 10.2 Å². The summed E-state index contributed by atoms with van der Waals surface area (Å²) in [6.45, 7) is 9.55. The Labute approximate surface area is 214 Å². The molecule has 36 heavy (non-hydrogen) atoms. The number of benzene rings is 2. The second-order valence-electron chi connectivity index (χ2n) is 9.95. The molecule has 0 saturated carbocycles. The minimum absolute atomic E-state index is 0.139. The molecule has 7 nitrogen and oxygen atoms in total. The number of methoxy groups -OCH3 is 1. The smallest absolute Gasteiger partial charge is 0.410 e. The summed E-state index contributed by atoms with van der Waals surface area (Å²) in [6.07, 6.45) is -0.0405. The van der Waals surface area contributed by atoms with E-state index < -0.39 is 17.2 Å². The number of cyclic esters (lactones) is 1. The first-order chi connectivity index (χ1) is 16.9. The molecule has 2 atom stereocenters. The maximum Gasteiger partial charge on any atom is 0.410 e. The molecule has 0 radical (unpaired) electrons. The Bertz CT molecular complexity index is 1010. The van der Waals surface area contributed by atoms with Gasteiger partial charge in [-0.3, -0.25) is 0 Å². The maximum absolute atomic E-state index is 12.5. The Morgan fingerprint density at radius 1 is 1.14 bits per heavy atom. The van der Waals surface area contributed by atoms with Crippen molar-refractivity contribution >= 4 is 12.2 Å². The van der Waals surface area contributed by atoms with E-state index in [0.29, 0.717) is 19.4 Å². The van der Waals surface area contributed by atoms with E-state index in [9.17, 15) is 14.7 Å². The lowest BCUT2D eigenvalue weighted by Gasteiger charge is -2.37. The fourth-order valence-electron chi connectivity index (χ4n) is 3.67. The molecule has 2 aromatic carbocycles. The van der Waals surface area contributed by atoms with E-state index in [-0.39, 0.29) is 18.2 Å². The van der Waals surface area contributed by atoms with Gasteiger partial charge in [-0.1, -0.05) is 60.4 Å². The highest BCUT2D eigenvalue weighted by molar-refractivity contribution is 5.69. The molecule has 0 spiro atoms. The predicted molar refractivity (Wildman–Crippen MR) is 140 cm³/mol. The van der Waals surface area contributed by atoms with Crippen LogP contribution >= 0.6 is 0 Å². The number of hydrogen-bond donors (Lipinski definition) is 2. The second-order valence-corrected chi connectivity index (χ2v) is 9.95. The lowest BCUT2D eigenvalue weighted by molar-refractivity contribution is -0.0309. The number of rotatable bonds is 5. The number of carbonyl (C=O) groups is 2. The Morgan fingerprint density at radius 3 is 2.17 bits per heavy atom. The summed E-state index contributed by atoms with van der Waals surface area (Å²) in [5.41, 5.74) is 0.190. The van der Waals surface area contributed by atoms with Gasteiger partial charge in [-0.25, -0.2) is 9.59 Å². The van der Waals surface area contributed by atoms with Crippen molar-refractivity contribution in [3.8, 4) is 11.8 Å². The summed E-state index contributed by atoms with van der Waals surface area (Å²) in [4.78, 5) is 25.5. The first kappa shape index (κ1) is 28.7. The normalized spacial score (nSPS) is 16.4. The van der Waals surface area contributed by atoms with Crippen LogP contribution < -0.4 is 5.32 Å². The van der Waals surface area contributed by atoms with Crippen LogP contribution in [0.1, 0.15) is 64.6 Å². The van der Waals surface area contributed by atoms with Crippen molar-refractivity contribution in [3.05, 3.63) is 71.8 Å². The molecular weight excluding hydrogens is 456 g/mol. The number of ether oxygens (including phenoxy) is 2. The van der Waals surface area contributed by atoms with Crippen LogP contribution in [-0.4, -0.2) is 53.1 Å². The quantitative estimate of drug-likeness (QED) is 0.551. The molecule has 2 amide bonds. The molecule has 0 bridgehead atoms. The summed E-state index contributed by atoms with van der Waals surface area (Å²) in [7, 11) is 1.31. The Balaban J connectivity index is 0.000000662. The Hall–Kier alpha value is -3.50. The van der Waals surface area contributed by atoms with E-state index in [0.717, 1.165) is 11.1 Å². The van der Waals surface area contributed by atoms with Crippen LogP contribution in [0.2, 0.25) is 0 Å². The van der Waals surface area contributed by atoms with Gasteiger partial charge in [0, 0.05) is 24.9 Å². The zero-order valence-corrected chi connectivity index (χ0v) is 22.1. The van der Waals surface area contributed by atoms with Crippen molar-refractivity contribution in [1.29, 1.82) is 0 Å². The predicted octanol–water partition coefficient (Wildman–Crippen LogP) is 5.29. The molecule has 2 unspecified atom stereocenters. The van der Waals surface area contributed by atoms with Crippen molar-refractivity contribution < 1.29 is 24.2 Å². The van der Waals surface area contributed by atoms with E-state index in [1.165, 1.54) is 7.11 Å². The molecule has 1 saturated heterocycles. The lowest BCUT2D eigenvalue weighted by Crippen LogP contribution is -2.45. The van der Waals surface area contributed by atoms with Gasteiger partial charge >= 0.3 is 12.2 Å². The van der Waals surface area contributed by atoms with E-state index in [4.69, 9.17) is 4.74 Å². The average molecular weight is 495 g/mol. The largest absolute Gasteiger partial charge is 0.453 e. The third-order valence-electron chi connectivity index (χ3n) is 5.57. The van der Waals surface area contributed by atoms with Crippen LogP contribution in [-0.2, 0) is 9.47 Å². The number of alkyl carbamates (subject to hydrolysis) is 1. The second kappa shape index (κ2) is 13.0. The van der Waals surface area contributed by atoms with Crippen LogP contribution in [0.5, 0.6) is 0 Å². The third kappa shape index (κ3) is 10.0. The number of hydrogen-bond acceptors (Lipinski definition) is 5. The molecule has 2 N–H and O–H groups in total. The fourth-order valence-corrected chi connectivity index (χ4v) is 3.67. The molecule has 1 fully saturated rings. The van der Waals surface area contributed by atoms with Gasteiger partial charge in [-0.05, 0) is 52.3 Å². The summed E-state index contributed by atoms with van der Waals surface area (Å²) in [5.74, 6) is 6.06. The standard InChI is InChI=1S/C23H32N2O5.C6H6/c1-16(25-14-12-19(30-21(25)27)15-23(4,5)28)18-9-7-17(8-10-18)11-13-22(2,3)24-20(26)29-6;1-2-4-6-5-3-1/h7-10,16,19,28H,12,14-15H2,1-6H3,(H,24,26);1-6H. The van der Waals surface area contributed by atoms with E-state index >= 15 is 0 Å². The first-order valence-corrected chi connectivity index (χ1v) is 12.1. The lowest BCUT2D eigenvalue weighted by atomic mass is 9.97. The van der Waals surface area contributed by atoms with Crippen LogP contribution in [0.25, 0.3) is 0 Å². The minimum Gasteiger partial charge on any atom is -0.453 e. The molecule has 2 aromatic rings. The van der Waals surface area contributed by atoms with Gasteiger partial charge in [0.25, 0.3) is 0 Å². The van der Waals surface area contributed by atoms with Crippen molar-refractivity contribution in [2.75, 3.05) is 13.7 Å². The summed E-state index contributed by atoms with van der Waals surface area (Å²) in [5, 5.41) is 12.6. The van der Waals surface area contributed by atoms with Crippen LogP contribution in [0.15, 0.2) is 60.7 Å². The molecule has 1 heterocycles. The molecule has 1 aliphatic heterocycles. The van der Waals surface area contributed by atoms with Gasteiger partial charge in [0.15, 0.2) is 0 Å². The van der Waals surface area contributed by atoms with Gasteiger partial charge in [0.1, 0.15) is 6.10 Å². The minimum atomic E-state index is -0.865. The zero-order valence-electron chi connectivity index (χ0n) is 22.1. The molecule has 0 aromatic heterocycles.